The minimum atomic E-state index is -3.62. The third-order valence-corrected chi connectivity index (χ3v) is 7.51. The van der Waals surface area contributed by atoms with Gasteiger partial charge in [0.1, 0.15) is 6.33 Å². The lowest BCUT2D eigenvalue weighted by Crippen LogP contribution is -2.50. The molecule has 0 radical (unpaired) electrons. The van der Waals surface area contributed by atoms with Crippen LogP contribution < -0.4 is 0 Å². The number of hydrogen-bond acceptors (Lipinski definition) is 6. The number of hydrogen-bond donors (Lipinski definition) is 0. The number of carbonyl (C=O) groups is 1. The summed E-state index contributed by atoms with van der Waals surface area (Å²) in [5, 5.41) is 12.9. The van der Waals surface area contributed by atoms with Crippen molar-refractivity contribution >= 4 is 26.7 Å². The maximum Gasteiger partial charge on any atom is 0.253 e. The van der Waals surface area contributed by atoms with Gasteiger partial charge in [0.25, 0.3) is 5.91 Å². The highest BCUT2D eigenvalue weighted by molar-refractivity contribution is 7.89. The first-order valence-electron chi connectivity index (χ1n) is 10.1. The molecule has 32 heavy (non-hydrogen) atoms. The number of tetrazole rings is 1. The first kappa shape index (κ1) is 20.3. The van der Waals surface area contributed by atoms with Gasteiger partial charge in [-0.3, -0.25) is 4.79 Å². The van der Waals surface area contributed by atoms with Gasteiger partial charge in [-0.2, -0.15) is 4.31 Å². The molecule has 10 heteroatoms. The summed E-state index contributed by atoms with van der Waals surface area (Å²) in [4.78, 5) is 14.8. The maximum absolute atomic E-state index is 13.1. The molecule has 0 bridgehead atoms. The largest absolute Gasteiger partial charge is 0.336 e. The minimum Gasteiger partial charge on any atom is -0.336 e. The van der Waals surface area contributed by atoms with Crippen molar-refractivity contribution in [1.29, 1.82) is 0 Å². The second-order valence-corrected chi connectivity index (χ2v) is 9.44. The summed E-state index contributed by atoms with van der Waals surface area (Å²) >= 11 is 0. The molecule has 1 fully saturated rings. The fourth-order valence-electron chi connectivity index (χ4n) is 3.83. The normalized spacial score (nSPS) is 15.2. The van der Waals surface area contributed by atoms with Crippen LogP contribution in [-0.2, 0) is 10.0 Å². The molecular weight excluding hydrogens is 428 g/mol. The van der Waals surface area contributed by atoms with Gasteiger partial charge in [0.2, 0.25) is 10.0 Å². The number of sulfonamides is 1. The zero-order valence-corrected chi connectivity index (χ0v) is 17.9. The molecule has 162 valence electrons. The van der Waals surface area contributed by atoms with Crippen molar-refractivity contribution in [2.24, 2.45) is 0 Å². The molecule has 1 saturated heterocycles. The summed E-state index contributed by atoms with van der Waals surface area (Å²) in [6.45, 7) is 1.17. The lowest BCUT2D eigenvalue weighted by molar-refractivity contribution is 0.0698. The molecule has 1 aliphatic rings. The van der Waals surface area contributed by atoms with Gasteiger partial charge in [-0.15, -0.1) is 5.10 Å². The molecule has 0 unspecified atom stereocenters. The highest BCUT2D eigenvalue weighted by atomic mass is 32.2. The van der Waals surface area contributed by atoms with Crippen LogP contribution in [0, 0.1) is 0 Å². The summed E-state index contributed by atoms with van der Waals surface area (Å²) in [5.74, 6) is -0.129. The number of aromatic nitrogens is 4. The minimum absolute atomic E-state index is 0.129. The van der Waals surface area contributed by atoms with Crippen molar-refractivity contribution in [1.82, 2.24) is 29.4 Å². The molecule has 2 heterocycles. The van der Waals surface area contributed by atoms with Crippen molar-refractivity contribution in [2.45, 2.75) is 4.90 Å². The van der Waals surface area contributed by atoms with Gasteiger partial charge >= 0.3 is 0 Å². The second kappa shape index (κ2) is 8.13. The van der Waals surface area contributed by atoms with E-state index in [1.54, 1.807) is 41.3 Å². The molecule has 0 saturated carbocycles. The van der Waals surface area contributed by atoms with Crippen LogP contribution in [0.25, 0.3) is 16.5 Å². The summed E-state index contributed by atoms with van der Waals surface area (Å²) in [7, 11) is -3.62. The zero-order valence-electron chi connectivity index (χ0n) is 17.1. The molecule has 0 N–H and O–H groups in total. The van der Waals surface area contributed by atoms with Crippen LogP contribution in [0.2, 0.25) is 0 Å². The number of rotatable bonds is 4. The Labute approximate surface area is 184 Å². The lowest BCUT2D eigenvalue weighted by Gasteiger charge is -2.34. The van der Waals surface area contributed by atoms with Crippen molar-refractivity contribution in [3.05, 3.63) is 78.6 Å². The number of amides is 1. The predicted octanol–water partition coefficient (Wildman–Crippen LogP) is 1.96. The van der Waals surface area contributed by atoms with E-state index in [0.717, 1.165) is 16.5 Å². The van der Waals surface area contributed by atoms with E-state index in [0.29, 0.717) is 18.7 Å². The Bertz CT molecular complexity index is 1360. The van der Waals surface area contributed by atoms with Gasteiger partial charge in [-0.25, -0.2) is 13.1 Å². The van der Waals surface area contributed by atoms with Gasteiger partial charge < -0.3 is 4.90 Å². The Hall–Kier alpha value is -3.63. The highest BCUT2D eigenvalue weighted by Gasteiger charge is 2.30. The summed E-state index contributed by atoms with van der Waals surface area (Å²) < 4.78 is 29.2. The molecule has 9 nitrogen and oxygen atoms in total. The van der Waals surface area contributed by atoms with Gasteiger partial charge in [-0.05, 0) is 57.6 Å². The van der Waals surface area contributed by atoms with E-state index in [4.69, 9.17) is 0 Å². The highest BCUT2D eigenvalue weighted by Crippen LogP contribution is 2.23. The van der Waals surface area contributed by atoms with Crippen LogP contribution in [0.1, 0.15) is 10.4 Å². The Morgan fingerprint density at radius 1 is 0.844 bits per heavy atom. The standard InChI is InChI=1S/C22H20N6O3S/c29-22(18-5-8-20(9-6-18)28-16-23-24-25-28)26-11-13-27(14-12-26)32(30,31)21-10-7-17-3-1-2-4-19(17)15-21/h1-10,15-16H,11-14H2. The summed E-state index contributed by atoms with van der Waals surface area (Å²) in [6, 6.07) is 19.8. The quantitative estimate of drug-likeness (QED) is 0.473. The van der Waals surface area contributed by atoms with E-state index in [9.17, 15) is 13.2 Å². The number of fused-ring (bicyclic) bond motifs is 1. The number of piperazine rings is 1. The first-order chi connectivity index (χ1) is 15.5. The smallest absolute Gasteiger partial charge is 0.253 e. The second-order valence-electron chi connectivity index (χ2n) is 7.51. The van der Waals surface area contributed by atoms with Crippen molar-refractivity contribution < 1.29 is 13.2 Å². The van der Waals surface area contributed by atoms with E-state index in [2.05, 4.69) is 15.5 Å². The van der Waals surface area contributed by atoms with Crippen LogP contribution in [0.5, 0.6) is 0 Å². The van der Waals surface area contributed by atoms with Crippen LogP contribution in [0.4, 0.5) is 0 Å². The van der Waals surface area contributed by atoms with Gasteiger partial charge in [0.05, 0.1) is 10.6 Å². The molecule has 0 atom stereocenters. The van der Waals surface area contributed by atoms with Crippen molar-refractivity contribution in [3.8, 4) is 5.69 Å². The Morgan fingerprint density at radius 3 is 2.25 bits per heavy atom. The monoisotopic (exact) mass is 448 g/mol. The number of carbonyl (C=O) groups excluding carboxylic acids is 1. The van der Waals surface area contributed by atoms with E-state index in [1.807, 2.05) is 30.3 Å². The average molecular weight is 449 g/mol. The van der Waals surface area contributed by atoms with Crippen LogP contribution >= 0.6 is 0 Å². The molecule has 1 aromatic heterocycles. The van der Waals surface area contributed by atoms with E-state index in [-0.39, 0.29) is 23.9 Å². The third kappa shape index (κ3) is 3.74. The molecular formula is C22H20N6O3S. The van der Waals surface area contributed by atoms with Crippen molar-refractivity contribution in [3.63, 3.8) is 0 Å². The van der Waals surface area contributed by atoms with Crippen LogP contribution in [0.15, 0.2) is 78.0 Å². The van der Waals surface area contributed by atoms with E-state index < -0.39 is 10.0 Å². The maximum atomic E-state index is 13.1. The Kier molecular flexibility index (Phi) is 5.16. The van der Waals surface area contributed by atoms with Crippen LogP contribution in [-0.4, -0.2) is 69.9 Å². The van der Waals surface area contributed by atoms with Gasteiger partial charge in [0.15, 0.2) is 0 Å². The number of nitrogens with zero attached hydrogens (tertiary/aromatic N) is 6. The SMILES string of the molecule is O=C(c1ccc(-n2cnnn2)cc1)N1CCN(S(=O)(=O)c2ccc3ccccc3c2)CC1. The predicted molar refractivity (Wildman–Crippen MR) is 118 cm³/mol. The summed E-state index contributed by atoms with van der Waals surface area (Å²) in [5.41, 5.74) is 1.28. The zero-order chi connectivity index (χ0) is 22.1. The molecule has 0 spiro atoms. The van der Waals surface area contributed by atoms with Crippen LogP contribution in [0.3, 0.4) is 0 Å². The molecule has 5 rings (SSSR count). The molecule has 1 aliphatic heterocycles. The first-order valence-corrected chi connectivity index (χ1v) is 11.6. The molecule has 3 aromatic carbocycles. The lowest BCUT2D eigenvalue weighted by atomic mass is 10.1. The van der Waals surface area contributed by atoms with Gasteiger partial charge in [-0.1, -0.05) is 30.3 Å². The fourth-order valence-corrected chi connectivity index (χ4v) is 5.29. The number of benzene rings is 3. The fraction of sp³-hybridized carbons (Fsp3) is 0.182. The average Bonchev–Trinajstić information content (AvgIpc) is 3.38. The topological polar surface area (TPSA) is 101 Å². The molecule has 1 amide bonds. The van der Waals surface area contributed by atoms with E-state index in [1.165, 1.54) is 15.3 Å². The summed E-state index contributed by atoms with van der Waals surface area (Å²) in [6.07, 6.45) is 1.48. The Balaban J connectivity index is 1.27. The van der Waals surface area contributed by atoms with E-state index >= 15 is 0 Å². The molecule has 0 aliphatic carbocycles. The van der Waals surface area contributed by atoms with Crippen molar-refractivity contribution in [2.75, 3.05) is 26.2 Å². The van der Waals surface area contributed by atoms with Gasteiger partial charge in [0, 0.05) is 31.7 Å². The Morgan fingerprint density at radius 2 is 1.56 bits per heavy atom. The molecule has 4 aromatic rings. The third-order valence-electron chi connectivity index (χ3n) is 5.61.